The normalized spacial score (nSPS) is 15.9. The standard InChI is InChI=1S/C23H27N3O2S/c1-16-6-10-18(11-7-16)21(27)5-3-2-4-17-8-12-19(13-9-17)25-22(28)14-20-15-29-23(24)26-20/h6-13,15,21,27H,2-5,14H2,1H3,(H2,24,26)(H,25,28)/t21-/m0/s1/i2D2,6D,7D,10D,11D,15D. The Balaban J connectivity index is 1.58. The molecule has 152 valence electrons. The van der Waals surface area contributed by atoms with Crippen LogP contribution in [0.2, 0.25) is 0 Å². The summed E-state index contributed by atoms with van der Waals surface area (Å²) in [5.41, 5.74) is 7.12. The molecule has 0 aliphatic carbocycles. The average molecular weight is 417 g/mol. The van der Waals surface area contributed by atoms with E-state index in [0.717, 1.165) is 11.3 Å². The molecule has 0 saturated carbocycles. The minimum Gasteiger partial charge on any atom is -0.388 e. The van der Waals surface area contributed by atoms with E-state index >= 15 is 0 Å². The second-order valence-corrected chi connectivity index (χ2v) is 7.37. The van der Waals surface area contributed by atoms with E-state index in [4.69, 9.17) is 15.3 Å². The maximum atomic E-state index is 12.2. The molecule has 1 aromatic heterocycles. The number of amides is 1. The number of benzene rings is 2. The molecule has 1 atom stereocenters. The van der Waals surface area contributed by atoms with Crippen LogP contribution in [0.25, 0.3) is 0 Å². The van der Waals surface area contributed by atoms with Gasteiger partial charge in [0.1, 0.15) is 0 Å². The number of aliphatic hydroxyl groups is 1. The van der Waals surface area contributed by atoms with Crippen LogP contribution in [0, 0.1) is 6.92 Å². The first kappa shape index (κ1) is 13.5. The number of anilines is 2. The van der Waals surface area contributed by atoms with Crippen LogP contribution in [-0.4, -0.2) is 16.0 Å². The van der Waals surface area contributed by atoms with Crippen LogP contribution < -0.4 is 11.1 Å². The second-order valence-electron chi connectivity index (χ2n) is 6.54. The number of rotatable bonds is 9. The highest BCUT2D eigenvalue weighted by Crippen LogP contribution is 2.21. The predicted molar refractivity (Wildman–Crippen MR) is 119 cm³/mol. The number of carbonyl (C=O) groups is 1. The Bertz CT molecular complexity index is 1240. The third-order valence-corrected chi connectivity index (χ3v) is 4.75. The van der Waals surface area contributed by atoms with Crippen molar-refractivity contribution < 1.29 is 19.5 Å². The fourth-order valence-corrected chi connectivity index (χ4v) is 3.09. The number of nitrogens with zero attached hydrogens (tertiary/aromatic N) is 1. The van der Waals surface area contributed by atoms with E-state index in [9.17, 15) is 9.90 Å². The van der Waals surface area contributed by atoms with Crippen LogP contribution in [0.1, 0.15) is 57.3 Å². The predicted octanol–water partition coefficient (Wildman–Crippen LogP) is 4.66. The molecule has 0 fully saturated rings. The van der Waals surface area contributed by atoms with Crippen molar-refractivity contribution in [1.82, 2.24) is 4.98 Å². The van der Waals surface area contributed by atoms with Gasteiger partial charge in [0.15, 0.2) is 5.13 Å². The van der Waals surface area contributed by atoms with Crippen molar-refractivity contribution in [2.75, 3.05) is 11.1 Å². The third kappa shape index (κ3) is 6.69. The van der Waals surface area contributed by atoms with Crippen molar-refractivity contribution in [3.05, 3.63) is 76.2 Å². The number of nitrogens with one attached hydrogen (secondary N) is 1. The first-order valence-electron chi connectivity index (χ1n) is 12.6. The Morgan fingerprint density at radius 1 is 1.31 bits per heavy atom. The summed E-state index contributed by atoms with van der Waals surface area (Å²) in [6, 6.07) is 5.61. The number of aromatic nitrogens is 1. The van der Waals surface area contributed by atoms with Gasteiger partial charge in [-0.2, -0.15) is 0 Å². The van der Waals surface area contributed by atoms with Crippen molar-refractivity contribution >= 4 is 28.1 Å². The van der Waals surface area contributed by atoms with E-state index in [1.54, 1.807) is 24.3 Å². The number of nitrogens with two attached hydrogens (primary N) is 1. The Labute approximate surface area is 185 Å². The van der Waals surface area contributed by atoms with Crippen LogP contribution >= 0.6 is 11.3 Å². The molecule has 0 aliphatic heterocycles. The van der Waals surface area contributed by atoms with Gasteiger partial charge in [0.05, 0.1) is 25.1 Å². The summed E-state index contributed by atoms with van der Waals surface area (Å²) in [5, 5.41) is 13.6. The summed E-state index contributed by atoms with van der Waals surface area (Å²) >= 11 is 0.999. The third-order valence-electron chi connectivity index (χ3n) is 4.11. The van der Waals surface area contributed by atoms with Gasteiger partial charge in [-0.3, -0.25) is 4.79 Å². The van der Waals surface area contributed by atoms with E-state index in [-0.39, 0.29) is 77.4 Å². The molecule has 0 radical (unpaired) electrons. The molecule has 1 amide bonds. The van der Waals surface area contributed by atoms with E-state index in [2.05, 4.69) is 10.3 Å². The lowest BCUT2D eigenvalue weighted by Crippen LogP contribution is -2.14. The molecule has 4 N–H and O–H groups in total. The van der Waals surface area contributed by atoms with Crippen molar-refractivity contribution in [3.63, 3.8) is 0 Å². The molecule has 0 bridgehead atoms. The summed E-state index contributed by atoms with van der Waals surface area (Å²) in [4.78, 5) is 16.2. The van der Waals surface area contributed by atoms with Crippen LogP contribution in [0.3, 0.4) is 0 Å². The zero-order chi connectivity index (χ0) is 26.8. The molecular formula is C23H27N3O2S. The van der Waals surface area contributed by atoms with Crippen molar-refractivity contribution in [3.8, 4) is 0 Å². The summed E-state index contributed by atoms with van der Waals surface area (Å²) in [5.74, 6) is -0.351. The Hall–Kier alpha value is -2.70. The van der Waals surface area contributed by atoms with Crippen LogP contribution in [0.5, 0.6) is 0 Å². The van der Waals surface area contributed by atoms with Gasteiger partial charge in [-0.1, -0.05) is 48.3 Å². The first-order chi connectivity index (χ1) is 16.8. The average Bonchev–Trinajstić information content (AvgIpc) is 3.12. The summed E-state index contributed by atoms with van der Waals surface area (Å²) in [6.45, 7) is 1.48. The van der Waals surface area contributed by atoms with Gasteiger partial charge in [0.2, 0.25) is 5.91 Å². The van der Waals surface area contributed by atoms with Gasteiger partial charge in [-0.15, -0.1) is 11.3 Å². The van der Waals surface area contributed by atoms with Gasteiger partial charge < -0.3 is 16.2 Å². The highest BCUT2D eigenvalue weighted by atomic mass is 32.1. The first-order valence-corrected chi connectivity index (χ1v) is 9.96. The number of hydrogen-bond donors (Lipinski definition) is 3. The fraction of sp³-hybridized carbons (Fsp3) is 0.304. The molecule has 0 spiro atoms. The van der Waals surface area contributed by atoms with Gasteiger partial charge in [-0.25, -0.2) is 4.98 Å². The van der Waals surface area contributed by atoms with Crippen molar-refractivity contribution in [2.45, 2.75) is 45.1 Å². The minimum atomic E-state index is -1.70. The van der Waals surface area contributed by atoms with E-state index in [1.165, 1.54) is 6.92 Å². The van der Waals surface area contributed by atoms with Gasteiger partial charge >= 0.3 is 0 Å². The lowest BCUT2D eigenvalue weighted by Gasteiger charge is -2.11. The van der Waals surface area contributed by atoms with Crippen LogP contribution in [0.15, 0.2) is 53.8 Å². The molecule has 3 rings (SSSR count). The van der Waals surface area contributed by atoms with Crippen LogP contribution in [-0.2, 0) is 17.6 Å². The zero-order valence-electron chi connectivity index (χ0n) is 23.0. The number of aryl methyl sites for hydroxylation is 1. The molecular weight excluding hydrogens is 382 g/mol. The summed E-state index contributed by atoms with van der Waals surface area (Å²) < 4.78 is 56.4. The molecule has 0 unspecified atom stereocenters. The Morgan fingerprint density at radius 3 is 2.69 bits per heavy atom. The van der Waals surface area contributed by atoms with E-state index in [1.807, 2.05) is 0 Å². The number of carbonyl (C=O) groups excluding carboxylic acids is 1. The maximum Gasteiger partial charge on any atom is 0.230 e. The monoisotopic (exact) mass is 416 g/mol. The number of hydrogen-bond acceptors (Lipinski definition) is 5. The summed E-state index contributed by atoms with van der Waals surface area (Å²) in [6.07, 6.45) is -3.21. The lowest BCUT2D eigenvalue weighted by molar-refractivity contribution is -0.115. The zero-order valence-corrected chi connectivity index (χ0v) is 16.8. The molecule has 5 nitrogen and oxygen atoms in total. The Kier molecular flexibility index (Phi) is 4.74. The van der Waals surface area contributed by atoms with Gasteiger partial charge in [-0.05, 0) is 49.4 Å². The number of nitrogen functional groups attached to an aromatic ring is 1. The second kappa shape index (κ2) is 10.2. The molecule has 0 aliphatic rings. The molecule has 1 heterocycles. The fourth-order valence-electron chi connectivity index (χ4n) is 2.60. The SMILES string of the molecule is [2H]c1sc(N)nc1CC(=O)Nc1ccc(CC([2H])([2H])CC[C@H](O)c2c([2H])c([2H])c(C)c([2H])c2[2H])cc1. The highest BCUT2D eigenvalue weighted by Gasteiger charge is 2.08. The molecule has 0 saturated heterocycles. The number of thiazole rings is 1. The Morgan fingerprint density at radius 2 is 2.03 bits per heavy atom. The summed E-state index contributed by atoms with van der Waals surface area (Å²) in [7, 11) is 0. The lowest BCUT2D eigenvalue weighted by atomic mass is 10.0. The topological polar surface area (TPSA) is 88.2 Å². The van der Waals surface area contributed by atoms with Crippen molar-refractivity contribution in [2.24, 2.45) is 0 Å². The van der Waals surface area contributed by atoms with Gasteiger partial charge in [0.25, 0.3) is 0 Å². The minimum absolute atomic E-state index is 0.0387. The maximum absolute atomic E-state index is 12.2. The molecule has 29 heavy (non-hydrogen) atoms. The van der Waals surface area contributed by atoms with E-state index in [0.29, 0.717) is 16.9 Å². The molecule has 3 aromatic rings. The van der Waals surface area contributed by atoms with Crippen LogP contribution in [0.4, 0.5) is 10.8 Å². The highest BCUT2D eigenvalue weighted by molar-refractivity contribution is 7.13. The quantitative estimate of drug-likeness (QED) is 0.473. The van der Waals surface area contributed by atoms with E-state index < -0.39 is 12.5 Å². The molecule has 6 heteroatoms. The smallest absolute Gasteiger partial charge is 0.230 e. The molecule has 2 aromatic carbocycles. The largest absolute Gasteiger partial charge is 0.388 e. The van der Waals surface area contributed by atoms with Gasteiger partial charge in [0, 0.05) is 13.8 Å². The number of aliphatic hydroxyl groups excluding tert-OH is 1. The van der Waals surface area contributed by atoms with Crippen molar-refractivity contribution in [1.29, 1.82) is 0 Å².